The molecule has 2 unspecified atom stereocenters. The highest BCUT2D eigenvalue weighted by Crippen LogP contribution is 2.54. The molecule has 0 radical (unpaired) electrons. The Kier molecular flexibility index (Phi) is 4.82. The number of fused-ring (bicyclic) bond motifs is 1. The van der Waals surface area contributed by atoms with E-state index in [0.717, 1.165) is 0 Å². The quantitative estimate of drug-likeness (QED) is 0.844. The van der Waals surface area contributed by atoms with Gasteiger partial charge in [-0.05, 0) is 23.3 Å². The number of allylic oxidation sites excluding steroid dienone is 2. The minimum atomic E-state index is -1.72. The van der Waals surface area contributed by atoms with Gasteiger partial charge in [-0.1, -0.05) is 18.2 Å². The van der Waals surface area contributed by atoms with E-state index in [1.165, 1.54) is 14.0 Å². The molecule has 7 heteroatoms. The molecule has 140 valence electrons. The lowest BCUT2D eigenvalue weighted by Gasteiger charge is -2.45. The minimum Gasteiger partial charge on any atom is -0.497 e. The van der Waals surface area contributed by atoms with Crippen molar-refractivity contribution < 1.29 is 9.53 Å². The van der Waals surface area contributed by atoms with Gasteiger partial charge in [0.15, 0.2) is 5.41 Å². The van der Waals surface area contributed by atoms with E-state index in [0.29, 0.717) is 30.0 Å². The molecule has 2 aliphatic rings. The van der Waals surface area contributed by atoms with E-state index in [1.54, 1.807) is 29.2 Å². The van der Waals surface area contributed by atoms with Gasteiger partial charge >= 0.3 is 0 Å². The first-order valence-electron chi connectivity index (χ1n) is 8.76. The van der Waals surface area contributed by atoms with Crippen LogP contribution < -0.4 is 10.5 Å². The zero-order valence-corrected chi connectivity index (χ0v) is 15.6. The predicted octanol–water partition coefficient (Wildman–Crippen LogP) is 1.97. The molecule has 0 aromatic heterocycles. The molecule has 0 saturated heterocycles. The largest absolute Gasteiger partial charge is 0.497 e. The van der Waals surface area contributed by atoms with E-state index in [4.69, 9.17) is 10.5 Å². The lowest BCUT2D eigenvalue weighted by atomic mass is 9.58. The van der Waals surface area contributed by atoms with Crippen LogP contribution in [0.15, 0.2) is 47.2 Å². The summed E-state index contributed by atoms with van der Waals surface area (Å²) in [4.78, 5) is 13.6. The van der Waals surface area contributed by atoms with E-state index >= 15 is 0 Å². The molecule has 0 saturated carbocycles. The summed E-state index contributed by atoms with van der Waals surface area (Å²) in [5.41, 5.74) is 6.04. The Morgan fingerprint density at radius 3 is 2.61 bits per heavy atom. The van der Waals surface area contributed by atoms with Crippen LogP contribution in [0.25, 0.3) is 0 Å². The molecule has 1 aliphatic heterocycles. The van der Waals surface area contributed by atoms with Gasteiger partial charge in [0.05, 0.1) is 30.5 Å². The van der Waals surface area contributed by atoms with Crippen LogP contribution in [-0.4, -0.2) is 31.0 Å². The van der Waals surface area contributed by atoms with Crippen molar-refractivity contribution in [3.8, 4) is 24.0 Å². The second-order valence-corrected chi connectivity index (χ2v) is 6.88. The Balaban J connectivity index is 2.31. The Bertz CT molecular complexity index is 1000. The Morgan fingerprint density at radius 2 is 2.04 bits per heavy atom. The van der Waals surface area contributed by atoms with Crippen LogP contribution in [0.3, 0.4) is 0 Å². The lowest BCUT2D eigenvalue weighted by molar-refractivity contribution is -0.129. The highest BCUT2D eigenvalue weighted by atomic mass is 16.5. The lowest BCUT2D eigenvalue weighted by Crippen LogP contribution is -2.48. The predicted molar refractivity (Wildman–Crippen MR) is 100 cm³/mol. The number of carbonyl (C=O) groups excluding carboxylic acids is 1. The average molecular weight is 373 g/mol. The first-order valence-corrected chi connectivity index (χ1v) is 8.76. The summed E-state index contributed by atoms with van der Waals surface area (Å²) in [6.07, 6.45) is 1.80. The van der Waals surface area contributed by atoms with Crippen LogP contribution in [0.1, 0.15) is 18.4 Å². The molecule has 28 heavy (non-hydrogen) atoms. The fourth-order valence-electron chi connectivity index (χ4n) is 4.15. The van der Waals surface area contributed by atoms with Crippen molar-refractivity contribution in [2.75, 3.05) is 20.2 Å². The van der Waals surface area contributed by atoms with Crippen molar-refractivity contribution in [1.29, 1.82) is 15.8 Å². The van der Waals surface area contributed by atoms with Crippen LogP contribution in [0.5, 0.6) is 5.75 Å². The number of hydrogen-bond acceptors (Lipinski definition) is 6. The Hall–Kier alpha value is -3.76. The van der Waals surface area contributed by atoms with Gasteiger partial charge in [-0.3, -0.25) is 4.79 Å². The summed E-state index contributed by atoms with van der Waals surface area (Å²) in [5.74, 6) is -0.588. The molecular formula is C21H19N5O2. The number of carbonyl (C=O) groups is 1. The average Bonchev–Trinajstić information content (AvgIpc) is 2.72. The highest BCUT2D eigenvalue weighted by Gasteiger charge is 2.54. The van der Waals surface area contributed by atoms with Crippen LogP contribution in [-0.2, 0) is 4.79 Å². The Morgan fingerprint density at radius 1 is 1.32 bits per heavy atom. The first kappa shape index (κ1) is 19.0. The number of nitriles is 3. The third-order valence-corrected chi connectivity index (χ3v) is 5.56. The van der Waals surface area contributed by atoms with Gasteiger partial charge in [-0.25, -0.2) is 0 Å². The number of benzene rings is 1. The van der Waals surface area contributed by atoms with E-state index in [-0.39, 0.29) is 17.2 Å². The van der Waals surface area contributed by atoms with Gasteiger partial charge in [0.25, 0.3) is 0 Å². The van der Waals surface area contributed by atoms with Gasteiger partial charge in [0, 0.05) is 31.8 Å². The zero-order chi connectivity index (χ0) is 20.5. The molecule has 1 aromatic carbocycles. The van der Waals surface area contributed by atoms with E-state index in [2.05, 4.69) is 18.2 Å². The molecule has 1 aromatic rings. The summed E-state index contributed by atoms with van der Waals surface area (Å²) in [5, 5.41) is 29.7. The van der Waals surface area contributed by atoms with E-state index < -0.39 is 17.3 Å². The molecular weight excluding hydrogens is 354 g/mol. The van der Waals surface area contributed by atoms with Crippen molar-refractivity contribution >= 4 is 5.91 Å². The molecule has 0 fully saturated rings. The number of nitrogens with two attached hydrogens (primary N) is 1. The maximum Gasteiger partial charge on any atom is 0.219 e. The third kappa shape index (κ3) is 2.68. The first-order chi connectivity index (χ1) is 13.4. The molecule has 0 bridgehead atoms. The minimum absolute atomic E-state index is 0.0356. The van der Waals surface area contributed by atoms with Gasteiger partial charge < -0.3 is 15.4 Å². The van der Waals surface area contributed by atoms with Crippen LogP contribution in [0.2, 0.25) is 0 Å². The standard InChI is InChI=1S/C21H19N5O2/c1-13(27)26-7-6-16-17(9-22)20(25)21(11-23,12-24)19(18(16)10-26)14-4-3-5-15(8-14)28-2/h3-6,8,18-19H,7,10,25H2,1-2H3. The number of nitrogens with zero attached hydrogens (tertiary/aromatic N) is 4. The maximum atomic E-state index is 12.0. The fraction of sp³-hybridized carbons (Fsp3) is 0.333. The molecule has 1 heterocycles. The summed E-state index contributed by atoms with van der Waals surface area (Å²) in [7, 11) is 1.54. The monoisotopic (exact) mass is 373 g/mol. The zero-order valence-electron chi connectivity index (χ0n) is 15.6. The smallest absolute Gasteiger partial charge is 0.219 e. The molecule has 2 N–H and O–H groups in total. The molecule has 3 rings (SSSR count). The maximum absolute atomic E-state index is 12.0. The third-order valence-electron chi connectivity index (χ3n) is 5.56. The highest BCUT2D eigenvalue weighted by molar-refractivity contribution is 5.74. The van der Waals surface area contributed by atoms with Crippen molar-refractivity contribution in [3.05, 3.63) is 52.7 Å². The van der Waals surface area contributed by atoms with Crippen LogP contribution >= 0.6 is 0 Å². The summed E-state index contributed by atoms with van der Waals surface area (Å²) >= 11 is 0. The van der Waals surface area contributed by atoms with Crippen LogP contribution in [0, 0.1) is 45.3 Å². The molecule has 1 amide bonds. The molecule has 7 nitrogen and oxygen atoms in total. The van der Waals surface area contributed by atoms with Crippen molar-refractivity contribution in [2.45, 2.75) is 12.8 Å². The summed E-state index contributed by atoms with van der Waals surface area (Å²) in [6, 6.07) is 13.4. The van der Waals surface area contributed by atoms with Gasteiger partial charge in [-0.15, -0.1) is 0 Å². The number of methoxy groups -OCH3 is 1. The molecule has 0 spiro atoms. The Labute approximate surface area is 163 Å². The van der Waals surface area contributed by atoms with Crippen molar-refractivity contribution in [2.24, 2.45) is 17.1 Å². The number of rotatable bonds is 2. The fourth-order valence-corrected chi connectivity index (χ4v) is 4.15. The number of ether oxygens (including phenoxy) is 1. The normalized spacial score (nSPS) is 22.8. The van der Waals surface area contributed by atoms with Gasteiger partial charge in [0.2, 0.25) is 5.91 Å². The summed E-state index contributed by atoms with van der Waals surface area (Å²) < 4.78 is 5.31. The second kappa shape index (κ2) is 7.10. The molecule has 2 atom stereocenters. The SMILES string of the molecule is COc1cccc(C2C3CN(C(C)=O)CC=C3C(C#N)=C(N)C2(C#N)C#N)c1. The van der Waals surface area contributed by atoms with Gasteiger partial charge in [0.1, 0.15) is 11.8 Å². The van der Waals surface area contributed by atoms with E-state index in [9.17, 15) is 20.6 Å². The number of hydrogen-bond donors (Lipinski definition) is 1. The second-order valence-electron chi connectivity index (χ2n) is 6.88. The van der Waals surface area contributed by atoms with Crippen molar-refractivity contribution in [1.82, 2.24) is 4.90 Å². The van der Waals surface area contributed by atoms with Crippen LogP contribution in [0.4, 0.5) is 0 Å². The van der Waals surface area contributed by atoms with Gasteiger partial charge in [-0.2, -0.15) is 15.8 Å². The van der Waals surface area contributed by atoms with E-state index in [1.807, 2.05) is 6.07 Å². The molecule has 1 aliphatic carbocycles. The number of amides is 1. The summed E-state index contributed by atoms with van der Waals surface area (Å²) in [6.45, 7) is 2.13. The topological polar surface area (TPSA) is 127 Å². The van der Waals surface area contributed by atoms with Crippen molar-refractivity contribution in [3.63, 3.8) is 0 Å².